The third-order valence-corrected chi connectivity index (χ3v) is 3.99. The van der Waals surface area contributed by atoms with Crippen molar-refractivity contribution >= 4 is 0 Å². The summed E-state index contributed by atoms with van der Waals surface area (Å²) in [5, 5.41) is 0. The van der Waals surface area contributed by atoms with E-state index in [0.717, 1.165) is 26.1 Å². The van der Waals surface area contributed by atoms with Crippen LogP contribution in [0.25, 0.3) is 0 Å². The van der Waals surface area contributed by atoms with Crippen molar-refractivity contribution < 1.29 is 0 Å². The number of rotatable bonds is 4. The van der Waals surface area contributed by atoms with Crippen LogP contribution in [0.4, 0.5) is 0 Å². The van der Waals surface area contributed by atoms with E-state index in [-0.39, 0.29) is 0 Å². The number of likely N-dealkylation sites (tertiary alicyclic amines) is 1. The molecule has 2 N–H and O–H groups in total. The van der Waals surface area contributed by atoms with Gasteiger partial charge in [0.2, 0.25) is 0 Å². The maximum Gasteiger partial charge on any atom is 0.109 e. The topological polar surface area (TPSA) is 47.1 Å². The van der Waals surface area contributed by atoms with Crippen LogP contribution in [0.1, 0.15) is 25.6 Å². The highest BCUT2D eigenvalue weighted by atomic mass is 15.2. The standard InChI is InChI=1S/C13H24N4/c1-11-3-4-12(9-14)10-17(11)7-5-13-15-6-8-16(13)2/h6,8,11-12H,3-5,7,9-10,14H2,1-2H3. The minimum Gasteiger partial charge on any atom is -0.338 e. The number of hydrogen-bond donors (Lipinski definition) is 1. The van der Waals surface area contributed by atoms with Gasteiger partial charge in [-0.15, -0.1) is 0 Å². The Morgan fingerprint density at radius 3 is 2.94 bits per heavy atom. The van der Waals surface area contributed by atoms with Gasteiger partial charge in [-0.2, -0.15) is 0 Å². The van der Waals surface area contributed by atoms with Gasteiger partial charge in [0, 0.05) is 45.0 Å². The second-order valence-corrected chi connectivity index (χ2v) is 5.23. The molecule has 2 unspecified atom stereocenters. The molecule has 0 amide bonds. The molecule has 0 aromatic carbocycles. The fourth-order valence-electron chi connectivity index (χ4n) is 2.65. The number of nitrogens with zero attached hydrogens (tertiary/aromatic N) is 3. The van der Waals surface area contributed by atoms with E-state index in [4.69, 9.17) is 5.73 Å². The zero-order chi connectivity index (χ0) is 12.3. The fourth-order valence-corrected chi connectivity index (χ4v) is 2.65. The molecule has 2 heterocycles. The van der Waals surface area contributed by atoms with E-state index < -0.39 is 0 Å². The Kier molecular flexibility index (Phi) is 4.18. The highest BCUT2D eigenvalue weighted by Crippen LogP contribution is 2.21. The molecule has 2 rings (SSSR count). The van der Waals surface area contributed by atoms with E-state index in [1.165, 1.54) is 18.7 Å². The van der Waals surface area contributed by atoms with E-state index in [1.54, 1.807) is 0 Å². The number of hydrogen-bond acceptors (Lipinski definition) is 3. The molecule has 17 heavy (non-hydrogen) atoms. The van der Waals surface area contributed by atoms with Crippen molar-refractivity contribution in [1.82, 2.24) is 14.5 Å². The van der Waals surface area contributed by atoms with Gasteiger partial charge in [0.05, 0.1) is 0 Å². The van der Waals surface area contributed by atoms with Crippen molar-refractivity contribution in [2.24, 2.45) is 18.7 Å². The number of imidazole rings is 1. The van der Waals surface area contributed by atoms with Crippen LogP contribution >= 0.6 is 0 Å². The Morgan fingerprint density at radius 2 is 2.29 bits per heavy atom. The predicted octanol–water partition coefficient (Wildman–Crippen LogP) is 1.02. The molecule has 1 aromatic rings. The molecule has 0 aliphatic carbocycles. The number of aryl methyl sites for hydroxylation is 1. The summed E-state index contributed by atoms with van der Waals surface area (Å²) in [5.41, 5.74) is 5.78. The summed E-state index contributed by atoms with van der Waals surface area (Å²) in [6.07, 6.45) is 7.49. The van der Waals surface area contributed by atoms with Crippen molar-refractivity contribution in [2.45, 2.75) is 32.2 Å². The lowest BCUT2D eigenvalue weighted by Gasteiger charge is -2.37. The first-order chi connectivity index (χ1) is 8.20. The van der Waals surface area contributed by atoms with Gasteiger partial charge in [-0.25, -0.2) is 4.98 Å². The molecule has 0 bridgehead atoms. The summed E-state index contributed by atoms with van der Waals surface area (Å²) in [5.74, 6) is 1.86. The summed E-state index contributed by atoms with van der Waals surface area (Å²) in [4.78, 5) is 6.94. The molecule has 0 saturated carbocycles. The van der Waals surface area contributed by atoms with Gasteiger partial charge in [0.25, 0.3) is 0 Å². The zero-order valence-corrected chi connectivity index (χ0v) is 11.0. The quantitative estimate of drug-likeness (QED) is 0.849. The van der Waals surface area contributed by atoms with Gasteiger partial charge in [0.1, 0.15) is 5.82 Å². The number of piperidine rings is 1. The van der Waals surface area contributed by atoms with Crippen LogP contribution in [0.15, 0.2) is 12.4 Å². The van der Waals surface area contributed by atoms with Crippen LogP contribution in [0.2, 0.25) is 0 Å². The Bertz CT molecular complexity index is 347. The summed E-state index contributed by atoms with van der Waals surface area (Å²) >= 11 is 0. The second kappa shape index (κ2) is 5.65. The zero-order valence-electron chi connectivity index (χ0n) is 11.0. The maximum absolute atomic E-state index is 5.78. The van der Waals surface area contributed by atoms with Crippen molar-refractivity contribution in [3.8, 4) is 0 Å². The summed E-state index contributed by atoms with van der Waals surface area (Å²) in [7, 11) is 2.06. The second-order valence-electron chi connectivity index (χ2n) is 5.23. The average molecular weight is 236 g/mol. The lowest BCUT2D eigenvalue weighted by Crippen LogP contribution is -2.44. The molecule has 1 aromatic heterocycles. The van der Waals surface area contributed by atoms with E-state index in [9.17, 15) is 0 Å². The van der Waals surface area contributed by atoms with Crippen LogP contribution in [0.3, 0.4) is 0 Å². The Morgan fingerprint density at radius 1 is 1.47 bits per heavy atom. The highest BCUT2D eigenvalue weighted by Gasteiger charge is 2.24. The average Bonchev–Trinajstić information content (AvgIpc) is 2.74. The molecule has 96 valence electrons. The highest BCUT2D eigenvalue weighted by molar-refractivity contribution is 4.92. The molecule has 1 saturated heterocycles. The summed E-state index contributed by atoms with van der Waals surface area (Å²) < 4.78 is 2.11. The minimum absolute atomic E-state index is 0.688. The van der Waals surface area contributed by atoms with E-state index >= 15 is 0 Å². The Balaban J connectivity index is 1.87. The number of nitrogens with two attached hydrogens (primary N) is 1. The van der Waals surface area contributed by atoms with Crippen LogP contribution in [0.5, 0.6) is 0 Å². The predicted molar refractivity (Wildman–Crippen MR) is 69.7 cm³/mol. The summed E-state index contributed by atoms with van der Waals surface area (Å²) in [6, 6.07) is 0.693. The lowest BCUT2D eigenvalue weighted by atomic mass is 9.93. The van der Waals surface area contributed by atoms with Crippen LogP contribution in [0, 0.1) is 5.92 Å². The van der Waals surface area contributed by atoms with E-state index in [2.05, 4.69) is 28.4 Å². The third-order valence-electron chi connectivity index (χ3n) is 3.99. The molecule has 0 radical (unpaired) electrons. The monoisotopic (exact) mass is 236 g/mol. The third kappa shape index (κ3) is 3.07. The van der Waals surface area contributed by atoms with Gasteiger partial charge in [-0.3, -0.25) is 4.90 Å². The van der Waals surface area contributed by atoms with Gasteiger partial charge in [0.15, 0.2) is 0 Å². The molecule has 4 heteroatoms. The van der Waals surface area contributed by atoms with Gasteiger partial charge >= 0.3 is 0 Å². The first-order valence-corrected chi connectivity index (χ1v) is 6.61. The van der Waals surface area contributed by atoms with Crippen LogP contribution in [-0.4, -0.2) is 40.1 Å². The Labute approximate surface area is 104 Å². The molecule has 0 spiro atoms. The largest absolute Gasteiger partial charge is 0.338 e. The Hall–Kier alpha value is -0.870. The minimum atomic E-state index is 0.688. The molecule has 1 fully saturated rings. The fraction of sp³-hybridized carbons (Fsp3) is 0.769. The molecule has 1 aliphatic rings. The lowest BCUT2D eigenvalue weighted by molar-refractivity contribution is 0.121. The van der Waals surface area contributed by atoms with Gasteiger partial charge in [-0.05, 0) is 32.2 Å². The van der Waals surface area contributed by atoms with E-state index in [1.807, 2.05) is 12.4 Å². The van der Waals surface area contributed by atoms with Crippen LogP contribution in [-0.2, 0) is 13.5 Å². The van der Waals surface area contributed by atoms with Crippen LogP contribution < -0.4 is 5.73 Å². The van der Waals surface area contributed by atoms with Gasteiger partial charge in [-0.1, -0.05) is 0 Å². The van der Waals surface area contributed by atoms with Crippen molar-refractivity contribution in [1.29, 1.82) is 0 Å². The first-order valence-electron chi connectivity index (χ1n) is 6.61. The summed E-state index contributed by atoms with van der Waals surface area (Å²) in [6.45, 7) is 5.40. The number of aromatic nitrogens is 2. The maximum atomic E-state index is 5.78. The molecular formula is C13H24N4. The molecule has 4 nitrogen and oxygen atoms in total. The van der Waals surface area contributed by atoms with Crippen molar-refractivity contribution in [3.63, 3.8) is 0 Å². The van der Waals surface area contributed by atoms with E-state index in [0.29, 0.717) is 12.0 Å². The normalized spacial score (nSPS) is 26.3. The molecule has 2 atom stereocenters. The molecule has 1 aliphatic heterocycles. The van der Waals surface area contributed by atoms with Crippen molar-refractivity contribution in [3.05, 3.63) is 18.2 Å². The smallest absolute Gasteiger partial charge is 0.109 e. The SMILES string of the molecule is CC1CCC(CN)CN1CCc1nccn1C. The van der Waals surface area contributed by atoms with Crippen molar-refractivity contribution in [2.75, 3.05) is 19.6 Å². The molecular weight excluding hydrogens is 212 g/mol. The van der Waals surface area contributed by atoms with Gasteiger partial charge < -0.3 is 10.3 Å². The first kappa shape index (κ1) is 12.6.